The zero-order chi connectivity index (χ0) is 13.2. The van der Waals surface area contributed by atoms with Gasteiger partial charge in [0.15, 0.2) is 6.29 Å². The fourth-order valence-electron chi connectivity index (χ4n) is 1.45. The predicted molar refractivity (Wildman–Crippen MR) is 62.5 cm³/mol. The number of amides is 2. The average Bonchev–Trinajstić information content (AvgIpc) is 2.38. The van der Waals surface area contributed by atoms with E-state index in [1.54, 1.807) is 6.92 Å². The van der Waals surface area contributed by atoms with E-state index >= 15 is 0 Å². The van der Waals surface area contributed by atoms with Crippen molar-refractivity contribution in [3.63, 3.8) is 0 Å². The van der Waals surface area contributed by atoms with Crippen molar-refractivity contribution in [2.45, 2.75) is 38.9 Å². The van der Waals surface area contributed by atoms with Crippen LogP contribution in [-0.2, 0) is 19.1 Å². The molecule has 2 amide bonds. The highest BCUT2D eigenvalue weighted by Crippen LogP contribution is 2.12. The van der Waals surface area contributed by atoms with Crippen molar-refractivity contribution in [1.29, 1.82) is 0 Å². The van der Waals surface area contributed by atoms with Gasteiger partial charge in [0.05, 0.1) is 6.61 Å². The third-order valence-electron chi connectivity index (χ3n) is 2.34. The Morgan fingerprint density at radius 1 is 1.39 bits per heavy atom. The Hall–Kier alpha value is -1.34. The molecule has 1 aliphatic rings. The number of alkyl carbamates (subject to hydrolysis) is 1. The second kappa shape index (κ2) is 8.71. The highest BCUT2D eigenvalue weighted by Gasteiger charge is 2.15. The maximum Gasteiger partial charge on any atom is 0.407 e. The van der Waals surface area contributed by atoms with Gasteiger partial charge in [0.25, 0.3) is 0 Å². The molecule has 1 heterocycles. The molecule has 0 spiro atoms. The molecule has 1 rings (SSSR count). The monoisotopic (exact) mass is 260 g/mol. The van der Waals surface area contributed by atoms with Gasteiger partial charge in [-0.1, -0.05) is 0 Å². The average molecular weight is 260 g/mol. The topological polar surface area (TPSA) is 85.9 Å². The second-order valence-corrected chi connectivity index (χ2v) is 3.84. The first-order valence-electron chi connectivity index (χ1n) is 6.19. The van der Waals surface area contributed by atoms with E-state index in [2.05, 4.69) is 15.5 Å². The van der Waals surface area contributed by atoms with E-state index < -0.39 is 6.09 Å². The summed E-state index contributed by atoms with van der Waals surface area (Å²) in [5, 5.41) is 2.44. The number of hydroxylamine groups is 1. The summed E-state index contributed by atoms with van der Waals surface area (Å²) >= 11 is 0. The normalized spacial score (nSPS) is 19.1. The Kier molecular flexibility index (Phi) is 7.12. The van der Waals surface area contributed by atoms with Crippen molar-refractivity contribution in [3.05, 3.63) is 0 Å². The number of hydrogen-bond donors (Lipinski definition) is 2. The minimum Gasteiger partial charge on any atom is -0.450 e. The summed E-state index contributed by atoms with van der Waals surface area (Å²) in [4.78, 5) is 27.3. The highest BCUT2D eigenvalue weighted by molar-refractivity contribution is 5.75. The molecule has 0 radical (unpaired) electrons. The van der Waals surface area contributed by atoms with Crippen LogP contribution in [0.4, 0.5) is 4.79 Å². The van der Waals surface area contributed by atoms with Crippen LogP contribution in [0.3, 0.4) is 0 Å². The summed E-state index contributed by atoms with van der Waals surface area (Å²) < 4.78 is 9.92. The lowest BCUT2D eigenvalue weighted by Gasteiger charge is -2.22. The Balaban J connectivity index is 2.01. The van der Waals surface area contributed by atoms with E-state index in [1.165, 1.54) is 0 Å². The van der Waals surface area contributed by atoms with Crippen molar-refractivity contribution in [1.82, 2.24) is 10.8 Å². The molecule has 0 aromatic rings. The molecule has 0 bridgehead atoms. The van der Waals surface area contributed by atoms with Crippen LogP contribution in [0.25, 0.3) is 0 Å². The van der Waals surface area contributed by atoms with Crippen LogP contribution in [0.5, 0.6) is 0 Å². The summed E-state index contributed by atoms with van der Waals surface area (Å²) in [5.74, 6) is -0.305. The van der Waals surface area contributed by atoms with Crippen LogP contribution in [0, 0.1) is 0 Å². The van der Waals surface area contributed by atoms with Gasteiger partial charge in [-0.3, -0.25) is 4.79 Å². The Morgan fingerprint density at radius 3 is 2.89 bits per heavy atom. The molecule has 104 valence electrons. The summed E-state index contributed by atoms with van der Waals surface area (Å²) in [6.45, 7) is 2.88. The minimum absolute atomic E-state index is 0.130. The third-order valence-corrected chi connectivity index (χ3v) is 2.34. The number of rotatable bonds is 6. The first-order valence-corrected chi connectivity index (χ1v) is 6.19. The minimum atomic E-state index is -0.526. The van der Waals surface area contributed by atoms with E-state index in [9.17, 15) is 9.59 Å². The molecule has 0 saturated carbocycles. The molecule has 1 atom stereocenters. The Morgan fingerprint density at radius 2 is 2.22 bits per heavy atom. The molecule has 1 saturated heterocycles. The maximum atomic E-state index is 11.3. The summed E-state index contributed by atoms with van der Waals surface area (Å²) in [7, 11) is 0. The third kappa shape index (κ3) is 6.41. The van der Waals surface area contributed by atoms with Crippen molar-refractivity contribution in [3.8, 4) is 0 Å². The maximum absolute atomic E-state index is 11.3. The first kappa shape index (κ1) is 14.7. The predicted octanol–water partition coefficient (Wildman–Crippen LogP) is 0.697. The lowest BCUT2D eigenvalue weighted by molar-refractivity contribution is -0.200. The lowest BCUT2D eigenvalue weighted by atomic mass is 10.2. The van der Waals surface area contributed by atoms with Crippen LogP contribution in [0.1, 0.15) is 32.6 Å². The molecule has 0 aromatic carbocycles. The summed E-state index contributed by atoms with van der Waals surface area (Å²) in [5.41, 5.74) is 2.30. The molecule has 1 aliphatic heterocycles. The van der Waals surface area contributed by atoms with Gasteiger partial charge in [-0.15, -0.1) is 0 Å². The molecule has 1 fully saturated rings. The summed E-state index contributed by atoms with van der Waals surface area (Å²) in [6, 6.07) is 0. The number of carbonyl (C=O) groups excluding carboxylic acids is 2. The Bertz CT molecular complexity index is 266. The second-order valence-electron chi connectivity index (χ2n) is 3.84. The summed E-state index contributed by atoms with van der Waals surface area (Å²) in [6.07, 6.45) is 2.08. The molecule has 0 aliphatic carbocycles. The van der Waals surface area contributed by atoms with E-state index in [4.69, 9.17) is 9.57 Å². The highest BCUT2D eigenvalue weighted by atomic mass is 16.8. The molecule has 18 heavy (non-hydrogen) atoms. The zero-order valence-electron chi connectivity index (χ0n) is 10.6. The van der Waals surface area contributed by atoms with Gasteiger partial charge < -0.3 is 14.8 Å². The van der Waals surface area contributed by atoms with Crippen molar-refractivity contribution in [2.24, 2.45) is 0 Å². The van der Waals surface area contributed by atoms with Gasteiger partial charge in [0, 0.05) is 26.0 Å². The smallest absolute Gasteiger partial charge is 0.407 e. The number of ether oxygens (including phenoxy) is 2. The number of nitrogens with one attached hydrogen (secondary N) is 2. The number of hydrogen-bond acceptors (Lipinski definition) is 5. The molecule has 0 aromatic heterocycles. The van der Waals surface area contributed by atoms with Crippen molar-refractivity contribution < 1.29 is 23.9 Å². The van der Waals surface area contributed by atoms with Gasteiger partial charge in [0.2, 0.25) is 5.91 Å². The molecule has 2 N–H and O–H groups in total. The molecule has 7 heteroatoms. The molecule has 0 unspecified atom stereocenters. The SMILES string of the molecule is CCOC(=O)NCCC(=O)NO[C@H]1CCCCO1. The van der Waals surface area contributed by atoms with E-state index in [1.807, 2.05) is 0 Å². The fraction of sp³-hybridized carbons (Fsp3) is 0.818. The van der Waals surface area contributed by atoms with Crippen LogP contribution < -0.4 is 10.8 Å². The quantitative estimate of drug-likeness (QED) is 0.686. The zero-order valence-corrected chi connectivity index (χ0v) is 10.6. The van der Waals surface area contributed by atoms with Gasteiger partial charge >= 0.3 is 6.09 Å². The standard InChI is InChI=1S/C11H20N2O5/c1-2-16-11(15)12-7-6-9(14)13-18-10-5-3-4-8-17-10/h10H,2-8H2,1H3,(H,12,15)(H,13,14)/t10-/m0/s1. The van der Waals surface area contributed by atoms with Crippen LogP contribution in [-0.4, -0.2) is 38.0 Å². The van der Waals surface area contributed by atoms with Gasteiger partial charge in [-0.05, 0) is 19.8 Å². The van der Waals surface area contributed by atoms with Gasteiger partial charge in [-0.2, -0.15) is 0 Å². The fourth-order valence-corrected chi connectivity index (χ4v) is 1.45. The first-order chi connectivity index (χ1) is 8.72. The molecular formula is C11H20N2O5. The molecular weight excluding hydrogens is 240 g/mol. The van der Waals surface area contributed by atoms with Crippen molar-refractivity contribution in [2.75, 3.05) is 19.8 Å². The van der Waals surface area contributed by atoms with E-state index in [0.717, 1.165) is 19.3 Å². The van der Waals surface area contributed by atoms with Crippen molar-refractivity contribution >= 4 is 12.0 Å². The van der Waals surface area contributed by atoms with Crippen LogP contribution in [0.15, 0.2) is 0 Å². The van der Waals surface area contributed by atoms with Crippen LogP contribution >= 0.6 is 0 Å². The molecule has 7 nitrogen and oxygen atoms in total. The lowest BCUT2D eigenvalue weighted by Crippen LogP contribution is -2.35. The largest absolute Gasteiger partial charge is 0.450 e. The Labute approximate surface area is 106 Å². The van der Waals surface area contributed by atoms with Gasteiger partial charge in [0.1, 0.15) is 0 Å². The van der Waals surface area contributed by atoms with E-state index in [0.29, 0.717) is 13.2 Å². The number of carbonyl (C=O) groups is 2. The van der Waals surface area contributed by atoms with Crippen LogP contribution in [0.2, 0.25) is 0 Å². The van der Waals surface area contributed by atoms with Gasteiger partial charge in [-0.25, -0.2) is 15.1 Å². The van der Waals surface area contributed by atoms with E-state index in [-0.39, 0.29) is 25.2 Å².